The van der Waals surface area contributed by atoms with Gasteiger partial charge < -0.3 is 9.84 Å². The molecular weight excluding hydrogens is 208 g/mol. The van der Waals surface area contributed by atoms with Gasteiger partial charge in [0.15, 0.2) is 0 Å². The van der Waals surface area contributed by atoms with Gasteiger partial charge in [-0.25, -0.2) is 4.98 Å². The topological polar surface area (TPSA) is 72.3 Å². The van der Waals surface area contributed by atoms with Gasteiger partial charge in [0, 0.05) is 12.0 Å². The summed E-state index contributed by atoms with van der Waals surface area (Å²) < 4.78 is 5.30. The second-order valence-corrected chi connectivity index (χ2v) is 3.83. The maximum atomic E-state index is 10.6. The van der Waals surface area contributed by atoms with Crippen LogP contribution in [0.1, 0.15) is 37.2 Å². The summed E-state index contributed by atoms with van der Waals surface area (Å²) in [7, 11) is 0. The SMILES string of the molecule is CCOc1cc(CC(=O)O)nc(C2CC2)n1. The molecule has 5 heteroatoms. The fourth-order valence-electron chi connectivity index (χ4n) is 1.48. The van der Waals surface area contributed by atoms with Crippen LogP contribution in [0.25, 0.3) is 0 Å². The lowest BCUT2D eigenvalue weighted by Crippen LogP contribution is -2.07. The number of carboxylic acid groups (broad SMARTS) is 1. The number of aromatic nitrogens is 2. The van der Waals surface area contributed by atoms with Crippen LogP contribution in [-0.4, -0.2) is 27.7 Å². The minimum absolute atomic E-state index is 0.0810. The van der Waals surface area contributed by atoms with E-state index in [0.717, 1.165) is 18.7 Å². The number of hydrogen-bond acceptors (Lipinski definition) is 4. The zero-order valence-corrected chi connectivity index (χ0v) is 9.14. The third kappa shape index (κ3) is 2.68. The van der Waals surface area contributed by atoms with Gasteiger partial charge in [0.2, 0.25) is 5.88 Å². The van der Waals surface area contributed by atoms with E-state index >= 15 is 0 Å². The van der Waals surface area contributed by atoms with E-state index in [4.69, 9.17) is 9.84 Å². The second-order valence-electron chi connectivity index (χ2n) is 3.83. The summed E-state index contributed by atoms with van der Waals surface area (Å²) in [5.41, 5.74) is 0.521. The van der Waals surface area contributed by atoms with Crippen molar-refractivity contribution in [2.45, 2.75) is 32.1 Å². The second kappa shape index (κ2) is 4.47. The highest BCUT2D eigenvalue weighted by atomic mass is 16.5. The molecule has 5 nitrogen and oxygen atoms in total. The fraction of sp³-hybridized carbons (Fsp3) is 0.545. The maximum Gasteiger partial charge on any atom is 0.309 e. The average Bonchev–Trinajstić information content (AvgIpc) is 2.99. The van der Waals surface area contributed by atoms with Crippen molar-refractivity contribution in [1.29, 1.82) is 0 Å². The smallest absolute Gasteiger partial charge is 0.309 e. The molecule has 0 aromatic carbocycles. The summed E-state index contributed by atoms with van der Waals surface area (Å²) in [6.45, 7) is 2.39. The normalized spacial score (nSPS) is 14.8. The van der Waals surface area contributed by atoms with Gasteiger partial charge >= 0.3 is 5.97 Å². The maximum absolute atomic E-state index is 10.6. The predicted molar refractivity (Wildman–Crippen MR) is 56.5 cm³/mol. The predicted octanol–water partition coefficient (Wildman–Crippen LogP) is 1.38. The number of ether oxygens (including phenoxy) is 1. The minimum Gasteiger partial charge on any atom is -0.481 e. The average molecular weight is 222 g/mol. The van der Waals surface area contributed by atoms with Crippen LogP contribution in [0, 0.1) is 0 Å². The van der Waals surface area contributed by atoms with Crippen LogP contribution in [0.4, 0.5) is 0 Å². The number of carboxylic acids is 1. The Labute approximate surface area is 93.5 Å². The third-order valence-corrected chi connectivity index (χ3v) is 2.34. The molecule has 0 unspecified atom stereocenters. The van der Waals surface area contributed by atoms with Crippen molar-refractivity contribution in [1.82, 2.24) is 9.97 Å². The molecule has 1 N–H and O–H groups in total. The Hall–Kier alpha value is -1.65. The van der Waals surface area contributed by atoms with E-state index in [0.29, 0.717) is 24.1 Å². The molecule has 0 atom stereocenters. The summed E-state index contributed by atoms with van der Waals surface area (Å²) in [5, 5.41) is 8.73. The summed E-state index contributed by atoms with van der Waals surface area (Å²) in [4.78, 5) is 19.1. The third-order valence-electron chi connectivity index (χ3n) is 2.34. The molecule has 0 aliphatic heterocycles. The number of hydrogen-bond donors (Lipinski definition) is 1. The Morgan fingerprint density at radius 2 is 2.31 bits per heavy atom. The van der Waals surface area contributed by atoms with E-state index in [1.165, 1.54) is 0 Å². The van der Waals surface area contributed by atoms with E-state index in [9.17, 15) is 4.79 Å². The number of aliphatic carboxylic acids is 1. The van der Waals surface area contributed by atoms with Crippen LogP contribution in [0.15, 0.2) is 6.07 Å². The molecule has 0 radical (unpaired) electrons. The standard InChI is InChI=1S/C11H14N2O3/c1-2-16-9-5-8(6-10(14)15)12-11(13-9)7-3-4-7/h5,7H,2-4,6H2,1H3,(H,14,15). The van der Waals surface area contributed by atoms with Crippen LogP contribution in [0.2, 0.25) is 0 Å². The fourth-order valence-corrected chi connectivity index (χ4v) is 1.48. The van der Waals surface area contributed by atoms with Crippen molar-refractivity contribution in [2.24, 2.45) is 0 Å². The summed E-state index contributed by atoms with van der Waals surface area (Å²) in [5.74, 6) is 0.716. The largest absolute Gasteiger partial charge is 0.481 e. The van der Waals surface area contributed by atoms with Crippen LogP contribution >= 0.6 is 0 Å². The van der Waals surface area contributed by atoms with Crippen LogP contribution in [0.5, 0.6) is 5.88 Å². The summed E-state index contributed by atoms with van der Waals surface area (Å²) in [6, 6.07) is 1.60. The molecule has 86 valence electrons. The van der Waals surface area contributed by atoms with Gasteiger partial charge in [-0.2, -0.15) is 4.98 Å². The quantitative estimate of drug-likeness (QED) is 0.814. The van der Waals surface area contributed by atoms with Crippen molar-refractivity contribution in [2.75, 3.05) is 6.61 Å². The molecule has 1 saturated carbocycles. The van der Waals surface area contributed by atoms with E-state index in [1.807, 2.05) is 6.92 Å². The van der Waals surface area contributed by atoms with Crippen molar-refractivity contribution in [3.63, 3.8) is 0 Å². The van der Waals surface area contributed by atoms with Gasteiger partial charge in [-0.15, -0.1) is 0 Å². The van der Waals surface area contributed by atoms with Gasteiger partial charge in [0.25, 0.3) is 0 Å². The molecule has 0 bridgehead atoms. The van der Waals surface area contributed by atoms with E-state index < -0.39 is 5.97 Å². The zero-order valence-electron chi connectivity index (χ0n) is 9.14. The van der Waals surface area contributed by atoms with Gasteiger partial charge in [0.05, 0.1) is 18.7 Å². The Morgan fingerprint density at radius 1 is 1.56 bits per heavy atom. The molecule has 1 fully saturated rings. The number of carbonyl (C=O) groups is 1. The van der Waals surface area contributed by atoms with Crippen molar-refractivity contribution in [3.8, 4) is 5.88 Å². The van der Waals surface area contributed by atoms with Crippen molar-refractivity contribution < 1.29 is 14.6 Å². The first-order chi connectivity index (χ1) is 7.69. The highest BCUT2D eigenvalue weighted by Crippen LogP contribution is 2.38. The lowest BCUT2D eigenvalue weighted by molar-refractivity contribution is -0.136. The molecule has 2 rings (SSSR count). The molecule has 0 saturated heterocycles. The Morgan fingerprint density at radius 3 is 2.88 bits per heavy atom. The van der Waals surface area contributed by atoms with E-state index in [1.54, 1.807) is 6.07 Å². The molecule has 1 aromatic rings. The summed E-state index contributed by atoms with van der Waals surface area (Å²) in [6.07, 6.45) is 2.09. The van der Waals surface area contributed by atoms with E-state index in [-0.39, 0.29) is 6.42 Å². The van der Waals surface area contributed by atoms with Gasteiger partial charge in [-0.3, -0.25) is 4.79 Å². The van der Waals surface area contributed by atoms with Crippen molar-refractivity contribution >= 4 is 5.97 Å². The van der Waals surface area contributed by atoms with Gasteiger partial charge in [0.1, 0.15) is 5.82 Å². The highest BCUT2D eigenvalue weighted by Gasteiger charge is 2.27. The molecule has 1 aromatic heterocycles. The molecule has 0 amide bonds. The molecule has 1 aliphatic carbocycles. The summed E-state index contributed by atoms with van der Waals surface area (Å²) >= 11 is 0. The lowest BCUT2D eigenvalue weighted by Gasteiger charge is -2.06. The highest BCUT2D eigenvalue weighted by molar-refractivity contribution is 5.69. The molecular formula is C11H14N2O3. The Balaban J connectivity index is 2.24. The van der Waals surface area contributed by atoms with Crippen LogP contribution < -0.4 is 4.74 Å². The molecule has 16 heavy (non-hydrogen) atoms. The first kappa shape index (κ1) is 10.9. The number of nitrogens with zero attached hydrogens (tertiary/aromatic N) is 2. The van der Waals surface area contributed by atoms with Gasteiger partial charge in [-0.05, 0) is 19.8 Å². The Bertz CT molecular complexity index is 402. The van der Waals surface area contributed by atoms with Gasteiger partial charge in [-0.1, -0.05) is 0 Å². The lowest BCUT2D eigenvalue weighted by atomic mass is 10.3. The van der Waals surface area contributed by atoms with Crippen LogP contribution in [-0.2, 0) is 11.2 Å². The number of rotatable bonds is 5. The van der Waals surface area contributed by atoms with Crippen LogP contribution in [0.3, 0.4) is 0 Å². The first-order valence-electron chi connectivity index (χ1n) is 5.41. The molecule has 1 aliphatic rings. The van der Waals surface area contributed by atoms with E-state index in [2.05, 4.69) is 9.97 Å². The van der Waals surface area contributed by atoms with Crippen molar-refractivity contribution in [3.05, 3.63) is 17.6 Å². The molecule has 0 spiro atoms. The first-order valence-corrected chi connectivity index (χ1v) is 5.41. The minimum atomic E-state index is -0.886. The monoisotopic (exact) mass is 222 g/mol. The molecule has 1 heterocycles. The zero-order chi connectivity index (χ0) is 11.5. The Kier molecular flexibility index (Phi) is 3.03.